The molecule has 19 heavy (non-hydrogen) atoms. The number of halogens is 8. The zero-order valence-corrected chi connectivity index (χ0v) is 8.99. The van der Waals surface area contributed by atoms with Crippen molar-refractivity contribution in [3.05, 3.63) is 34.9 Å². The number of benzene rings is 1. The first-order chi connectivity index (χ1) is 8.44. The molecule has 0 radical (unpaired) electrons. The first kappa shape index (κ1) is 15.7. The minimum atomic E-state index is -5.21. The molecule has 1 atom stereocenters. The van der Waals surface area contributed by atoms with Gasteiger partial charge in [-0.2, -0.15) is 26.3 Å². The zero-order valence-electron chi connectivity index (χ0n) is 8.99. The van der Waals surface area contributed by atoms with E-state index in [0.717, 1.165) is 0 Å². The van der Waals surface area contributed by atoms with Crippen LogP contribution in [-0.2, 0) is 12.4 Å². The van der Waals surface area contributed by atoms with Crippen LogP contribution in [-0.4, -0.2) is 6.43 Å². The molecule has 0 aromatic heterocycles. The predicted octanol–water partition coefficient (Wildman–Crippen LogP) is 3.99. The highest BCUT2D eigenvalue weighted by molar-refractivity contribution is 5.37. The van der Waals surface area contributed by atoms with E-state index in [9.17, 15) is 35.1 Å². The van der Waals surface area contributed by atoms with Crippen molar-refractivity contribution in [2.24, 2.45) is 5.73 Å². The molecule has 0 aliphatic heterocycles. The van der Waals surface area contributed by atoms with E-state index in [1.165, 1.54) is 0 Å². The number of alkyl halides is 8. The molecule has 0 unspecified atom stereocenters. The standard InChI is InChI=1S/C10H7F8N/c11-8(12)7(19)5-2-1-4(9(13,14)15)3-6(5)10(16,17)18/h1-3,7-8H,19H2/t7-/m0/s1. The van der Waals surface area contributed by atoms with Gasteiger partial charge in [0.1, 0.15) is 0 Å². The Morgan fingerprint density at radius 2 is 1.42 bits per heavy atom. The van der Waals surface area contributed by atoms with Gasteiger partial charge in [0.15, 0.2) is 0 Å². The van der Waals surface area contributed by atoms with Crippen LogP contribution in [0.4, 0.5) is 35.1 Å². The number of hydrogen-bond acceptors (Lipinski definition) is 1. The molecule has 2 N–H and O–H groups in total. The Bertz CT molecular complexity index is 448. The van der Waals surface area contributed by atoms with Crippen LogP contribution < -0.4 is 5.73 Å². The summed E-state index contributed by atoms with van der Waals surface area (Å²) in [4.78, 5) is 0. The van der Waals surface area contributed by atoms with Crippen molar-refractivity contribution in [2.75, 3.05) is 0 Å². The maximum Gasteiger partial charge on any atom is 0.416 e. The van der Waals surface area contributed by atoms with Crippen molar-refractivity contribution in [3.8, 4) is 0 Å². The summed E-state index contributed by atoms with van der Waals surface area (Å²) in [5.41, 5.74) is 0.401. The highest BCUT2D eigenvalue weighted by Gasteiger charge is 2.40. The number of hydrogen-bond donors (Lipinski definition) is 1. The van der Waals surface area contributed by atoms with Gasteiger partial charge in [-0.25, -0.2) is 8.78 Å². The van der Waals surface area contributed by atoms with Crippen molar-refractivity contribution in [1.29, 1.82) is 0 Å². The minimum absolute atomic E-state index is 0.225. The van der Waals surface area contributed by atoms with E-state index in [2.05, 4.69) is 0 Å². The molecule has 9 heteroatoms. The molecule has 0 saturated carbocycles. The van der Waals surface area contributed by atoms with Crippen LogP contribution >= 0.6 is 0 Å². The number of nitrogens with two attached hydrogens (primary N) is 1. The Morgan fingerprint density at radius 3 is 1.79 bits per heavy atom. The fourth-order valence-electron chi connectivity index (χ4n) is 1.40. The summed E-state index contributed by atoms with van der Waals surface area (Å²) in [6.45, 7) is 0. The molecule has 0 heterocycles. The summed E-state index contributed by atoms with van der Waals surface area (Å²) < 4.78 is 99.2. The van der Waals surface area contributed by atoms with E-state index in [1.807, 2.05) is 0 Å². The van der Waals surface area contributed by atoms with Crippen molar-refractivity contribution >= 4 is 0 Å². The first-order valence-corrected chi connectivity index (χ1v) is 4.76. The van der Waals surface area contributed by atoms with Gasteiger partial charge >= 0.3 is 12.4 Å². The monoisotopic (exact) mass is 293 g/mol. The Balaban J connectivity index is 3.42. The van der Waals surface area contributed by atoms with Gasteiger partial charge in [0.25, 0.3) is 6.43 Å². The van der Waals surface area contributed by atoms with E-state index >= 15 is 0 Å². The molecule has 0 amide bonds. The van der Waals surface area contributed by atoms with E-state index in [1.54, 1.807) is 0 Å². The van der Waals surface area contributed by atoms with E-state index in [4.69, 9.17) is 5.73 Å². The Kier molecular flexibility index (Phi) is 4.08. The lowest BCUT2D eigenvalue weighted by atomic mass is 9.98. The van der Waals surface area contributed by atoms with Gasteiger partial charge < -0.3 is 5.73 Å². The summed E-state index contributed by atoms with van der Waals surface area (Å²) in [5.74, 6) is 0. The highest BCUT2D eigenvalue weighted by atomic mass is 19.4. The van der Waals surface area contributed by atoms with Crippen LogP contribution in [0.5, 0.6) is 0 Å². The van der Waals surface area contributed by atoms with E-state index < -0.39 is 41.5 Å². The topological polar surface area (TPSA) is 26.0 Å². The molecule has 0 aliphatic rings. The highest BCUT2D eigenvalue weighted by Crippen LogP contribution is 2.39. The molecule has 1 rings (SSSR count). The Labute approximate surface area is 102 Å². The van der Waals surface area contributed by atoms with Gasteiger partial charge in [-0.1, -0.05) is 6.07 Å². The molecule has 1 nitrogen and oxygen atoms in total. The van der Waals surface area contributed by atoms with Crippen LogP contribution in [0.1, 0.15) is 22.7 Å². The predicted molar refractivity (Wildman–Crippen MR) is 49.4 cm³/mol. The molecule has 0 bridgehead atoms. The molecule has 0 saturated heterocycles. The lowest BCUT2D eigenvalue weighted by Crippen LogP contribution is -2.24. The minimum Gasteiger partial charge on any atom is -0.319 e. The summed E-state index contributed by atoms with van der Waals surface area (Å²) in [6, 6.07) is -1.92. The molecular formula is C10H7F8N. The third-order valence-corrected chi connectivity index (χ3v) is 2.32. The van der Waals surface area contributed by atoms with Crippen LogP contribution in [0.2, 0.25) is 0 Å². The summed E-state index contributed by atoms with van der Waals surface area (Å²) in [6.07, 6.45) is -13.5. The fraction of sp³-hybridized carbons (Fsp3) is 0.400. The van der Waals surface area contributed by atoms with Gasteiger partial charge in [-0.15, -0.1) is 0 Å². The molecule has 0 spiro atoms. The maximum atomic E-state index is 12.6. The molecule has 1 aromatic carbocycles. The average Bonchev–Trinajstić information content (AvgIpc) is 2.24. The zero-order chi connectivity index (χ0) is 15.0. The summed E-state index contributed by atoms with van der Waals surface area (Å²) >= 11 is 0. The van der Waals surface area contributed by atoms with Crippen LogP contribution in [0, 0.1) is 0 Å². The quantitative estimate of drug-likeness (QED) is 0.820. The van der Waals surface area contributed by atoms with Crippen LogP contribution in [0.15, 0.2) is 18.2 Å². The van der Waals surface area contributed by atoms with Crippen molar-refractivity contribution in [2.45, 2.75) is 24.8 Å². The van der Waals surface area contributed by atoms with E-state index in [-0.39, 0.29) is 12.1 Å². The van der Waals surface area contributed by atoms with Crippen molar-refractivity contribution in [3.63, 3.8) is 0 Å². The molecular weight excluding hydrogens is 286 g/mol. The van der Waals surface area contributed by atoms with Gasteiger partial charge in [0.2, 0.25) is 0 Å². The van der Waals surface area contributed by atoms with Gasteiger partial charge in [-0.3, -0.25) is 0 Å². The van der Waals surface area contributed by atoms with Crippen LogP contribution in [0.3, 0.4) is 0 Å². The Hall–Kier alpha value is -1.38. The third kappa shape index (κ3) is 3.55. The summed E-state index contributed by atoms with van der Waals surface area (Å²) in [5, 5.41) is 0. The smallest absolute Gasteiger partial charge is 0.319 e. The average molecular weight is 293 g/mol. The Morgan fingerprint density at radius 1 is 0.895 bits per heavy atom. The van der Waals surface area contributed by atoms with Crippen molar-refractivity contribution in [1.82, 2.24) is 0 Å². The van der Waals surface area contributed by atoms with Crippen LogP contribution in [0.25, 0.3) is 0 Å². The third-order valence-electron chi connectivity index (χ3n) is 2.32. The second-order valence-corrected chi connectivity index (χ2v) is 3.66. The molecule has 1 aromatic rings. The second kappa shape index (κ2) is 4.95. The second-order valence-electron chi connectivity index (χ2n) is 3.66. The number of rotatable bonds is 2. The normalized spacial score (nSPS) is 14.8. The molecule has 108 valence electrons. The molecule has 0 fully saturated rings. The maximum absolute atomic E-state index is 12.6. The van der Waals surface area contributed by atoms with Gasteiger partial charge in [0.05, 0.1) is 17.2 Å². The van der Waals surface area contributed by atoms with Gasteiger partial charge in [0, 0.05) is 0 Å². The lowest BCUT2D eigenvalue weighted by molar-refractivity contribution is -0.143. The first-order valence-electron chi connectivity index (χ1n) is 4.76. The van der Waals surface area contributed by atoms with Gasteiger partial charge in [-0.05, 0) is 17.7 Å². The fourth-order valence-corrected chi connectivity index (χ4v) is 1.40. The largest absolute Gasteiger partial charge is 0.416 e. The van der Waals surface area contributed by atoms with Crippen molar-refractivity contribution < 1.29 is 35.1 Å². The molecule has 0 aliphatic carbocycles. The SMILES string of the molecule is N[C@@H](c1ccc(C(F)(F)F)cc1C(F)(F)F)C(F)F. The summed E-state index contributed by atoms with van der Waals surface area (Å²) in [7, 11) is 0. The lowest BCUT2D eigenvalue weighted by Gasteiger charge is -2.19. The van der Waals surface area contributed by atoms with E-state index in [0.29, 0.717) is 6.07 Å².